The molecule has 1 rings (SSSR count). The number of rotatable bonds is 5. The smallest absolute Gasteiger partial charge is 0.153 e. The maximum atomic E-state index is 11.6. The van der Waals surface area contributed by atoms with Crippen molar-refractivity contribution in [3.8, 4) is 0 Å². The molecule has 0 aliphatic heterocycles. The summed E-state index contributed by atoms with van der Waals surface area (Å²) in [7, 11) is -3.04. The number of nitrogens with one attached hydrogen (secondary N) is 1. The van der Waals surface area contributed by atoms with E-state index in [1.807, 2.05) is 19.1 Å². The Hall–Kier alpha value is 0.0900. The molecule has 1 aromatic rings. The van der Waals surface area contributed by atoms with Gasteiger partial charge in [-0.25, -0.2) is 8.42 Å². The normalized spacial score (nSPS) is 14.9. The highest BCUT2D eigenvalue weighted by Gasteiger charge is 2.30. The quantitative estimate of drug-likeness (QED) is 0.896. The molecule has 0 aliphatic carbocycles. The Morgan fingerprint density at radius 1 is 1.47 bits per heavy atom. The molecule has 0 radical (unpaired) electrons. The van der Waals surface area contributed by atoms with Gasteiger partial charge in [0.2, 0.25) is 0 Å². The van der Waals surface area contributed by atoms with E-state index >= 15 is 0 Å². The molecular weight excluding hydrogens is 322 g/mol. The minimum Gasteiger partial charge on any atom is -0.308 e. The van der Waals surface area contributed by atoms with E-state index in [0.717, 1.165) is 3.79 Å². The molecule has 0 saturated heterocycles. The van der Waals surface area contributed by atoms with Crippen LogP contribution in [0.2, 0.25) is 0 Å². The first-order valence-corrected chi connectivity index (χ1v) is 8.82. The molecule has 3 nitrogen and oxygen atoms in total. The van der Waals surface area contributed by atoms with Crippen LogP contribution in [0.15, 0.2) is 15.9 Å². The molecule has 0 amide bonds. The number of hydrogen-bond donors (Lipinski definition) is 1. The number of halogens is 1. The van der Waals surface area contributed by atoms with Crippen molar-refractivity contribution in [1.29, 1.82) is 0 Å². The van der Waals surface area contributed by atoms with Gasteiger partial charge in [0, 0.05) is 23.7 Å². The average Bonchev–Trinajstić information content (AvgIpc) is 2.59. The zero-order valence-corrected chi connectivity index (χ0v) is 13.7. The third-order valence-corrected chi connectivity index (χ3v) is 6.82. The fourth-order valence-corrected chi connectivity index (χ4v) is 2.99. The third kappa shape index (κ3) is 4.05. The monoisotopic (exact) mass is 339 g/mol. The van der Waals surface area contributed by atoms with E-state index < -0.39 is 14.6 Å². The topological polar surface area (TPSA) is 46.2 Å². The summed E-state index contributed by atoms with van der Waals surface area (Å²) < 4.78 is 23.5. The van der Waals surface area contributed by atoms with Crippen molar-refractivity contribution in [1.82, 2.24) is 5.32 Å². The Morgan fingerprint density at radius 3 is 2.47 bits per heavy atom. The molecule has 17 heavy (non-hydrogen) atoms. The van der Waals surface area contributed by atoms with Crippen LogP contribution in [0, 0.1) is 0 Å². The minimum atomic E-state index is -3.04. The first kappa shape index (κ1) is 15.1. The molecule has 0 spiro atoms. The molecule has 1 atom stereocenters. The summed E-state index contributed by atoms with van der Waals surface area (Å²) in [6.45, 7) is 5.97. The lowest BCUT2D eigenvalue weighted by Gasteiger charge is -2.25. The molecular formula is C11H18BrNO2S2. The van der Waals surface area contributed by atoms with E-state index in [1.54, 1.807) is 25.2 Å². The summed E-state index contributed by atoms with van der Waals surface area (Å²) in [5.41, 5.74) is 0. The molecule has 1 N–H and O–H groups in total. The van der Waals surface area contributed by atoms with Crippen LogP contribution in [0.4, 0.5) is 0 Å². The van der Waals surface area contributed by atoms with Crippen LogP contribution in [-0.4, -0.2) is 26.0 Å². The van der Waals surface area contributed by atoms with Crippen LogP contribution in [0.25, 0.3) is 0 Å². The molecule has 1 unspecified atom stereocenters. The van der Waals surface area contributed by atoms with Gasteiger partial charge in [-0.2, -0.15) is 0 Å². The van der Waals surface area contributed by atoms with Crippen LogP contribution >= 0.6 is 27.3 Å². The van der Waals surface area contributed by atoms with Gasteiger partial charge in [0.25, 0.3) is 0 Å². The summed E-state index contributed by atoms with van der Waals surface area (Å²) in [5, 5.41) is 3.27. The second-order valence-corrected chi connectivity index (χ2v) is 9.92. The Kier molecular flexibility index (Phi) is 4.80. The molecule has 1 heterocycles. The lowest BCUT2D eigenvalue weighted by molar-refractivity contribution is 0.492. The van der Waals surface area contributed by atoms with Gasteiger partial charge in [0.05, 0.1) is 8.53 Å². The van der Waals surface area contributed by atoms with Crippen LogP contribution in [0.5, 0.6) is 0 Å². The first-order chi connectivity index (χ1) is 7.63. The molecule has 6 heteroatoms. The highest BCUT2D eigenvalue weighted by Crippen LogP contribution is 2.27. The summed E-state index contributed by atoms with van der Waals surface area (Å²) in [6.07, 6.45) is 1.28. The lowest BCUT2D eigenvalue weighted by Crippen LogP contribution is -2.42. The van der Waals surface area contributed by atoms with Gasteiger partial charge in [0.15, 0.2) is 9.84 Å². The summed E-state index contributed by atoms with van der Waals surface area (Å²) >= 11 is 5.08. The second-order valence-electron chi connectivity index (χ2n) is 4.78. The van der Waals surface area contributed by atoms with Crippen LogP contribution in [0.1, 0.15) is 31.7 Å². The van der Waals surface area contributed by atoms with Gasteiger partial charge in [-0.15, -0.1) is 11.3 Å². The van der Waals surface area contributed by atoms with Crippen molar-refractivity contribution in [2.45, 2.75) is 31.6 Å². The van der Waals surface area contributed by atoms with Crippen LogP contribution < -0.4 is 5.32 Å². The zero-order valence-electron chi connectivity index (χ0n) is 10.5. The molecule has 1 aromatic heterocycles. The van der Waals surface area contributed by atoms with E-state index in [9.17, 15) is 8.42 Å². The van der Waals surface area contributed by atoms with Crippen LogP contribution in [-0.2, 0) is 9.84 Å². The van der Waals surface area contributed by atoms with E-state index in [0.29, 0.717) is 6.54 Å². The molecule has 98 valence electrons. The molecule has 0 fully saturated rings. The Bertz CT molecular complexity index is 479. The van der Waals surface area contributed by atoms with Gasteiger partial charge in [-0.3, -0.25) is 0 Å². The number of thiophene rings is 1. The molecule has 0 bridgehead atoms. The van der Waals surface area contributed by atoms with Crippen molar-refractivity contribution >= 4 is 37.1 Å². The van der Waals surface area contributed by atoms with E-state index in [2.05, 4.69) is 21.2 Å². The third-order valence-electron chi connectivity index (χ3n) is 2.86. The first-order valence-electron chi connectivity index (χ1n) is 5.32. The van der Waals surface area contributed by atoms with E-state index in [4.69, 9.17) is 0 Å². The van der Waals surface area contributed by atoms with Crippen molar-refractivity contribution in [2.24, 2.45) is 0 Å². The predicted molar refractivity (Wildman–Crippen MR) is 77.4 cm³/mol. The molecule has 0 saturated carbocycles. The second kappa shape index (κ2) is 5.38. The van der Waals surface area contributed by atoms with Crippen molar-refractivity contribution < 1.29 is 8.42 Å². The van der Waals surface area contributed by atoms with Gasteiger partial charge in [-0.05, 0) is 48.8 Å². The Morgan fingerprint density at radius 2 is 2.06 bits per heavy atom. The standard InChI is InChI=1S/C11H18BrNO2S2/c1-8(9-5-6-10(12)16-9)13-7-11(2,3)17(4,14)15/h5-6,8,13H,7H2,1-4H3. The van der Waals surface area contributed by atoms with Gasteiger partial charge in [-0.1, -0.05) is 0 Å². The van der Waals surface area contributed by atoms with Gasteiger partial charge < -0.3 is 5.32 Å². The fraction of sp³-hybridized carbons (Fsp3) is 0.636. The van der Waals surface area contributed by atoms with E-state index in [-0.39, 0.29) is 6.04 Å². The maximum Gasteiger partial charge on any atom is 0.153 e. The molecule has 0 aromatic carbocycles. The van der Waals surface area contributed by atoms with Gasteiger partial charge in [0.1, 0.15) is 0 Å². The number of sulfone groups is 1. The predicted octanol–water partition coefficient (Wildman–Crippen LogP) is 2.98. The highest BCUT2D eigenvalue weighted by atomic mass is 79.9. The summed E-state index contributed by atoms with van der Waals surface area (Å²) in [6, 6.07) is 4.20. The largest absolute Gasteiger partial charge is 0.308 e. The molecule has 0 aliphatic rings. The van der Waals surface area contributed by atoms with E-state index in [1.165, 1.54) is 11.1 Å². The fourth-order valence-electron chi connectivity index (χ4n) is 1.19. The maximum absolute atomic E-state index is 11.6. The van der Waals surface area contributed by atoms with Crippen molar-refractivity contribution in [2.75, 3.05) is 12.8 Å². The number of hydrogen-bond acceptors (Lipinski definition) is 4. The average molecular weight is 340 g/mol. The summed E-state index contributed by atoms with van der Waals surface area (Å²) in [4.78, 5) is 1.20. The van der Waals surface area contributed by atoms with Crippen LogP contribution in [0.3, 0.4) is 0 Å². The van der Waals surface area contributed by atoms with Crippen molar-refractivity contribution in [3.05, 3.63) is 20.8 Å². The SMILES string of the molecule is CC(NCC(C)(C)S(C)(=O)=O)c1ccc(Br)s1. The minimum absolute atomic E-state index is 0.160. The zero-order chi connectivity index (χ0) is 13.3. The Balaban J connectivity index is 2.63. The van der Waals surface area contributed by atoms with Crippen molar-refractivity contribution in [3.63, 3.8) is 0 Å². The Labute approximate surface area is 116 Å². The highest BCUT2D eigenvalue weighted by molar-refractivity contribution is 9.11. The lowest BCUT2D eigenvalue weighted by atomic mass is 10.2. The van der Waals surface area contributed by atoms with Gasteiger partial charge >= 0.3 is 0 Å². The summed E-state index contributed by atoms with van der Waals surface area (Å²) in [5.74, 6) is 0.